The molecule has 1 spiro atoms. The van der Waals surface area contributed by atoms with E-state index in [1.54, 1.807) is 12.1 Å². The van der Waals surface area contributed by atoms with Crippen molar-refractivity contribution in [3.05, 3.63) is 29.6 Å². The van der Waals surface area contributed by atoms with Gasteiger partial charge in [-0.2, -0.15) is 0 Å². The molecule has 3 rings (SSSR count). The molecule has 1 unspecified atom stereocenters. The summed E-state index contributed by atoms with van der Waals surface area (Å²) in [6.07, 6.45) is 3.03. The van der Waals surface area contributed by atoms with Gasteiger partial charge in [-0.1, -0.05) is 6.92 Å². The van der Waals surface area contributed by atoms with Gasteiger partial charge < -0.3 is 15.0 Å². The summed E-state index contributed by atoms with van der Waals surface area (Å²) in [6.45, 7) is 5.48. The van der Waals surface area contributed by atoms with E-state index in [1.807, 2.05) is 7.05 Å². The van der Waals surface area contributed by atoms with Crippen LogP contribution in [0, 0.1) is 5.82 Å². The second-order valence-electron chi connectivity index (χ2n) is 5.95. The Balaban J connectivity index is 1.86. The summed E-state index contributed by atoms with van der Waals surface area (Å²) in [4.78, 5) is 2.46. The fraction of sp³-hybridized carbons (Fsp3) is 0.625. The highest BCUT2D eigenvalue weighted by molar-refractivity contribution is 5.39. The maximum atomic E-state index is 13.4. The number of rotatable bonds is 2. The lowest BCUT2D eigenvalue weighted by Crippen LogP contribution is -2.51. The average molecular weight is 278 g/mol. The van der Waals surface area contributed by atoms with E-state index < -0.39 is 0 Å². The molecule has 0 amide bonds. The fourth-order valence-corrected chi connectivity index (χ4v) is 3.48. The van der Waals surface area contributed by atoms with Crippen LogP contribution in [0.15, 0.2) is 18.2 Å². The van der Waals surface area contributed by atoms with E-state index in [-0.39, 0.29) is 17.5 Å². The number of halogens is 1. The van der Waals surface area contributed by atoms with Gasteiger partial charge in [-0.3, -0.25) is 0 Å². The maximum Gasteiger partial charge on any atom is 0.125 e. The van der Waals surface area contributed by atoms with Crippen molar-refractivity contribution in [2.75, 3.05) is 26.7 Å². The predicted octanol–water partition coefficient (Wildman–Crippen LogP) is 2.72. The van der Waals surface area contributed by atoms with Crippen LogP contribution >= 0.6 is 0 Å². The predicted molar refractivity (Wildman–Crippen MR) is 77.5 cm³/mol. The number of hydrogen-bond acceptors (Lipinski definition) is 3. The number of likely N-dealkylation sites (tertiary alicyclic amines) is 1. The van der Waals surface area contributed by atoms with Gasteiger partial charge in [-0.05, 0) is 44.6 Å². The first-order valence-corrected chi connectivity index (χ1v) is 7.54. The van der Waals surface area contributed by atoms with Gasteiger partial charge in [0.25, 0.3) is 0 Å². The summed E-state index contributed by atoms with van der Waals surface area (Å²) in [5.74, 6) is 0.659. The van der Waals surface area contributed by atoms with Crippen LogP contribution in [0.25, 0.3) is 0 Å². The Hall–Kier alpha value is -1.13. The minimum atomic E-state index is -0.190. The molecule has 2 heterocycles. The molecule has 0 bridgehead atoms. The largest absolute Gasteiger partial charge is 0.487 e. The smallest absolute Gasteiger partial charge is 0.125 e. The van der Waals surface area contributed by atoms with Crippen molar-refractivity contribution < 1.29 is 9.13 Å². The molecule has 110 valence electrons. The quantitative estimate of drug-likeness (QED) is 0.900. The fourth-order valence-electron chi connectivity index (χ4n) is 3.48. The second-order valence-corrected chi connectivity index (χ2v) is 5.95. The van der Waals surface area contributed by atoms with Crippen molar-refractivity contribution in [3.8, 4) is 5.75 Å². The summed E-state index contributed by atoms with van der Waals surface area (Å²) >= 11 is 0. The SMILES string of the molecule is CCN1CCC2(CC1)CC(NC)c1cc(F)ccc1O2. The van der Waals surface area contributed by atoms with Crippen LogP contribution in [0.3, 0.4) is 0 Å². The van der Waals surface area contributed by atoms with Crippen molar-refractivity contribution in [2.24, 2.45) is 0 Å². The summed E-state index contributed by atoms with van der Waals surface area (Å²) < 4.78 is 19.8. The van der Waals surface area contributed by atoms with E-state index in [2.05, 4.69) is 17.1 Å². The lowest BCUT2D eigenvalue weighted by atomic mass is 9.80. The van der Waals surface area contributed by atoms with Crippen LogP contribution in [0.1, 0.15) is 37.8 Å². The van der Waals surface area contributed by atoms with Crippen molar-refractivity contribution in [3.63, 3.8) is 0 Å². The number of benzene rings is 1. The van der Waals surface area contributed by atoms with Gasteiger partial charge in [0, 0.05) is 31.1 Å². The molecule has 1 fully saturated rings. The van der Waals surface area contributed by atoms with E-state index in [1.165, 1.54) is 6.07 Å². The molecule has 1 saturated heterocycles. The number of hydrogen-bond donors (Lipinski definition) is 1. The van der Waals surface area contributed by atoms with Crippen molar-refractivity contribution in [2.45, 2.75) is 37.8 Å². The van der Waals surface area contributed by atoms with E-state index in [0.29, 0.717) is 0 Å². The van der Waals surface area contributed by atoms with Gasteiger partial charge in [0.15, 0.2) is 0 Å². The lowest BCUT2D eigenvalue weighted by Gasteiger charge is -2.46. The van der Waals surface area contributed by atoms with E-state index >= 15 is 0 Å². The minimum Gasteiger partial charge on any atom is -0.487 e. The molecule has 0 radical (unpaired) electrons. The average Bonchev–Trinajstić information content (AvgIpc) is 2.48. The Morgan fingerprint density at radius 1 is 1.40 bits per heavy atom. The zero-order valence-corrected chi connectivity index (χ0v) is 12.3. The van der Waals surface area contributed by atoms with Crippen molar-refractivity contribution in [1.82, 2.24) is 10.2 Å². The molecule has 2 aliphatic heterocycles. The molecule has 0 saturated carbocycles. The molecule has 0 aliphatic carbocycles. The molecule has 0 aromatic heterocycles. The Kier molecular flexibility index (Phi) is 3.69. The zero-order valence-electron chi connectivity index (χ0n) is 12.3. The third-order valence-electron chi connectivity index (χ3n) is 4.81. The number of piperidine rings is 1. The summed E-state index contributed by atoms with van der Waals surface area (Å²) in [5, 5.41) is 3.32. The van der Waals surface area contributed by atoms with Crippen LogP contribution in [0.5, 0.6) is 5.75 Å². The molecule has 4 heteroatoms. The highest BCUT2D eigenvalue weighted by Gasteiger charge is 2.42. The third kappa shape index (κ3) is 2.42. The number of fused-ring (bicyclic) bond motifs is 1. The Labute approximate surface area is 120 Å². The molecule has 1 N–H and O–H groups in total. The molecule has 20 heavy (non-hydrogen) atoms. The number of nitrogens with zero attached hydrogens (tertiary/aromatic N) is 1. The van der Waals surface area contributed by atoms with Crippen LogP contribution in [-0.2, 0) is 0 Å². The molecular weight excluding hydrogens is 255 g/mol. The summed E-state index contributed by atoms with van der Waals surface area (Å²) in [5.41, 5.74) is 0.875. The molecule has 1 aromatic carbocycles. The summed E-state index contributed by atoms with van der Waals surface area (Å²) in [7, 11) is 1.94. The van der Waals surface area contributed by atoms with Crippen molar-refractivity contribution >= 4 is 0 Å². The molecule has 1 atom stereocenters. The van der Waals surface area contributed by atoms with E-state index in [4.69, 9.17) is 4.74 Å². The normalized spacial score (nSPS) is 25.2. The van der Waals surface area contributed by atoms with E-state index in [0.717, 1.165) is 50.2 Å². The van der Waals surface area contributed by atoms with Gasteiger partial charge >= 0.3 is 0 Å². The molecular formula is C16H23FN2O. The third-order valence-corrected chi connectivity index (χ3v) is 4.81. The molecule has 1 aromatic rings. The van der Waals surface area contributed by atoms with Crippen molar-refractivity contribution in [1.29, 1.82) is 0 Å². The number of nitrogens with one attached hydrogen (secondary N) is 1. The Morgan fingerprint density at radius 2 is 2.15 bits per heavy atom. The van der Waals surface area contributed by atoms with E-state index in [9.17, 15) is 4.39 Å². The first-order valence-electron chi connectivity index (χ1n) is 7.54. The highest BCUT2D eigenvalue weighted by atomic mass is 19.1. The van der Waals surface area contributed by atoms with Gasteiger partial charge in [-0.15, -0.1) is 0 Å². The lowest BCUT2D eigenvalue weighted by molar-refractivity contribution is -0.0236. The first-order chi connectivity index (χ1) is 9.65. The van der Waals surface area contributed by atoms with Gasteiger partial charge in [0.1, 0.15) is 17.2 Å². The topological polar surface area (TPSA) is 24.5 Å². The second kappa shape index (κ2) is 5.34. The zero-order chi connectivity index (χ0) is 14.2. The monoisotopic (exact) mass is 278 g/mol. The van der Waals surface area contributed by atoms with Crippen LogP contribution in [0.4, 0.5) is 4.39 Å². The van der Waals surface area contributed by atoms with Crippen LogP contribution < -0.4 is 10.1 Å². The minimum absolute atomic E-state index is 0.0792. The van der Waals surface area contributed by atoms with Crippen LogP contribution in [-0.4, -0.2) is 37.2 Å². The highest BCUT2D eigenvalue weighted by Crippen LogP contribution is 2.44. The van der Waals surface area contributed by atoms with Gasteiger partial charge in [-0.25, -0.2) is 4.39 Å². The summed E-state index contributed by atoms with van der Waals surface area (Å²) in [6, 6.07) is 5.06. The molecule has 2 aliphatic rings. The van der Waals surface area contributed by atoms with Gasteiger partial charge in [0.05, 0.1) is 0 Å². The molecule has 3 nitrogen and oxygen atoms in total. The maximum absolute atomic E-state index is 13.4. The number of ether oxygens (including phenoxy) is 1. The standard InChI is InChI=1S/C16H23FN2O/c1-3-19-8-6-16(7-9-19)11-14(18-2)13-10-12(17)4-5-15(13)20-16/h4-5,10,14,18H,3,6-9,11H2,1-2H3. The Bertz CT molecular complexity index is 483. The Morgan fingerprint density at radius 3 is 2.80 bits per heavy atom. The van der Waals surface area contributed by atoms with Crippen LogP contribution in [0.2, 0.25) is 0 Å². The first kappa shape index (κ1) is 13.8. The van der Waals surface area contributed by atoms with Gasteiger partial charge in [0.2, 0.25) is 0 Å².